The minimum Gasteiger partial charge on any atom is -0.423 e. The van der Waals surface area contributed by atoms with E-state index in [0.29, 0.717) is 24.3 Å². The quantitative estimate of drug-likeness (QED) is 0.277. The molecule has 4 nitrogen and oxygen atoms in total. The van der Waals surface area contributed by atoms with Gasteiger partial charge in [-0.05, 0) is 30.9 Å². The molecule has 0 radical (unpaired) electrons. The maximum absolute atomic E-state index is 12.0. The number of carbonyl (C=O) groups excluding carboxylic acids is 2. The number of benzene rings is 1. The summed E-state index contributed by atoms with van der Waals surface area (Å²) in [6.45, 7) is 6.40. The largest absolute Gasteiger partial charge is 0.423 e. The van der Waals surface area contributed by atoms with E-state index in [1.165, 1.54) is 19.3 Å². The molecule has 0 amide bonds. The molecule has 0 spiro atoms. The van der Waals surface area contributed by atoms with Gasteiger partial charge in [-0.1, -0.05) is 65.0 Å². The normalized spacial score (nSPS) is 10.7. The first-order valence-electron chi connectivity index (χ1n) is 9.53. The smallest absolute Gasteiger partial charge is 0.311 e. The van der Waals surface area contributed by atoms with Crippen LogP contribution >= 0.6 is 0 Å². The zero-order valence-corrected chi connectivity index (χ0v) is 15.9. The first-order valence-corrected chi connectivity index (χ1v) is 9.53. The van der Waals surface area contributed by atoms with Gasteiger partial charge in [0.2, 0.25) is 0 Å². The van der Waals surface area contributed by atoms with Gasteiger partial charge in [-0.3, -0.25) is 9.59 Å². The lowest BCUT2D eigenvalue weighted by atomic mass is 10.0. The Bertz CT molecular complexity index is 522. The molecular weight excluding hydrogens is 316 g/mol. The third-order valence-electron chi connectivity index (χ3n) is 3.91. The van der Waals surface area contributed by atoms with Gasteiger partial charge in [-0.2, -0.15) is 0 Å². The molecule has 0 aromatic heterocycles. The summed E-state index contributed by atoms with van der Waals surface area (Å²) in [6, 6.07) is 6.81. The second-order valence-corrected chi connectivity index (χ2v) is 6.85. The average Bonchev–Trinajstić information content (AvgIpc) is 2.55. The summed E-state index contributed by atoms with van der Waals surface area (Å²) in [7, 11) is 0. The molecule has 0 saturated heterocycles. The van der Waals surface area contributed by atoms with Crippen LogP contribution in [-0.4, -0.2) is 11.9 Å². The van der Waals surface area contributed by atoms with Gasteiger partial charge >= 0.3 is 11.9 Å². The lowest BCUT2D eigenvalue weighted by molar-refractivity contribution is -0.137. The molecule has 0 aliphatic rings. The molecule has 140 valence electrons. The van der Waals surface area contributed by atoms with Crippen LogP contribution in [0, 0.1) is 5.92 Å². The Labute approximate surface area is 151 Å². The monoisotopic (exact) mass is 348 g/mol. The van der Waals surface area contributed by atoms with Crippen LogP contribution in [0.15, 0.2) is 24.3 Å². The Kier molecular flexibility index (Phi) is 10.6. The summed E-state index contributed by atoms with van der Waals surface area (Å²) in [5.41, 5.74) is 0. The Morgan fingerprint density at radius 1 is 0.840 bits per heavy atom. The number of ether oxygens (including phenoxy) is 2. The summed E-state index contributed by atoms with van der Waals surface area (Å²) >= 11 is 0. The maximum Gasteiger partial charge on any atom is 0.311 e. The molecule has 4 heteroatoms. The first kappa shape index (κ1) is 21.2. The minimum atomic E-state index is -0.313. The van der Waals surface area contributed by atoms with E-state index in [0.717, 1.165) is 31.6 Å². The van der Waals surface area contributed by atoms with Crippen LogP contribution in [0.1, 0.15) is 78.6 Å². The van der Waals surface area contributed by atoms with E-state index in [1.54, 1.807) is 24.3 Å². The van der Waals surface area contributed by atoms with Crippen LogP contribution in [0.5, 0.6) is 11.5 Å². The van der Waals surface area contributed by atoms with Crippen molar-refractivity contribution in [2.75, 3.05) is 0 Å². The van der Waals surface area contributed by atoms with Crippen LogP contribution in [0.4, 0.5) is 0 Å². The number of carbonyl (C=O) groups is 2. The number of para-hydroxylation sites is 2. The van der Waals surface area contributed by atoms with Crippen molar-refractivity contribution >= 4 is 11.9 Å². The van der Waals surface area contributed by atoms with Crippen LogP contribution < -0.4 is 9.47 Å². The predicted octanol–water partition coefficient (Wildman–Crippen LogP) is 5.68. The van der Waals surface area contributed by atoms with Crippen molar-refractivity contribution in [3.05, 3.63) is 24.3 Å². The molecule has 0 fully saturated rings. The SMILES string of the molecule is CCCC(=O)Oc1ccccc1OC(=O)CCCCCCCC(C)C. The van der Waals surface area contributed by atoms with Crippen molar-refractivity contribution < 1.29 is 19.1 Å². The van der Waals surface area contributed by atoms with Gasteiger partial charge in [0.05, 0.1) is 0 Å². The second kappa shape index (κ2) is 12.5. The fourth-order valence-electron chi connectivity index (χ4n) is 2.52. The fourth-order valence-corrected chi connectivity index (χ4v) is 2.52. The van der Waals surface area contributed by atoms with Crippen molar-refractivity contribution in [1.29, 1.82) is 0 Å². The van der Waals surface area contributed by atoms with Gasteiger partial charge in [0.25, 0.3) is 0 Å². The zero-order chi connectivity index (χ0) is 18.5. The lowest BCUT2D eigenvalue weighted by Gasteiger charge is -2.10. The number of unbranched alkanes of at least 4 members (excludes halogenated alkanes) is 4. The molecule has 0 saturated carbocycles. The minimum absolute atomic E-state index is 0.277. The molecule has 0 atom stereocenters. The molecule has 1 aromatic rings. The molecular formula is C21H32O4. The molecule has 0 N–H and O–H groups in total. The summed E-state index contributed by atoms with van der Waals surface area (Å²) in [4.78, 5) is 23.6. The number of rotatable bonds is 12. The molecule has 0 bridgehead atoms. The van der Waals surface area contributed by atoms with Gasteiger partial charge in [0, 0.05) is 12.8 Å². The molecule has 0 aliphatic heterocycles. The number of hydrogen-bond donors (Lipinski definition) is 0. The van der Waals surface area contributed by atoms with Crippen LogP contribution in [-0.2, 0) is 9.59 Å². The Balaban J connectivity index is 2.31. The van der Waals surface area contributed by atoms with Crippen molar-refractivity contribution in [3.63, 3.8) is 0 Å². The Morgan fingerprint density at radius 2 is 1.36 bits per heavy atom. The number of hydrogen-bond acceptors (Lipinski definition) is 4. The van der Waals surface area contributed by atoms with Crippen molar-refractivity contribution in [2.24, 2.45) is 5.92 Å². The molecule has 0 aliphatic carbocycles. The Morgan fingerprint density at radius 3 is 1.92 bits per heavy atom. The van der Waals surface area contributed by atoms with Crippen molar-refractivity contribution in [3.8, 4) is 11.5 Å². The molecule has 25 heavy (non-hydrogen) atoms. The van der Waals surface area contributed by atoms with Crippen LogP contribution in [0.3, 0.4) is 0 Å². The highest BCUT2D eigenvalue weighted by Crippen LogP contribution is 2.27. The van der Waals surface area contributed by atoms with E-state index in [4.69, 9.17) is 9.47 Å². The summed E-state index contributed by atoms with van der Waals surface area (Å²) in [5, 5.41) is 0. The number of esters is 2. The highest BCUT2D eigenvalue weighted by Gasteiger charge is 2.12. The molecule has 1 aromatic carbocycles. The van der Waals surface area contributed by atoms with Gasteiger partial charge in [-0.25, -0.2) is 0 Å². The topological polar surface area (TPSA) is 52.6 Å². The predicted molar refractivity (Wildman–Crippen MR) is 99.8 cm³/mol. The van der Waals surface area contributed by atoms with E-state index in [9.17, 15) is 9.59 Å². The highest BCUT2D eigenvalue weighted by atomic mass is 16.6. The van der Waals surface area contributed by atoms with Gasteiger partial charge in [-0.15, -0.1) is 0 Å². The Hall–Kier alpha value is -1.84. The second-order valence-electron chi connectivity index (χ2n) is 6.85. The van der Waals surface area contributed by atoms with Gasteiger partial charge in [0.1, 0.15) is 0 Å². The van der Waals surface area contributed by atoms with Crippen LogP contribution in [0.2, 0.25) is 0 Å². The lowest BCUT2D eigenvalue weighted by Crippen LogP contribution is -2.11. The zero-order valence-electron chi connectivity index (χ0n) is 15.9. The molecule has 0 heterocycles. The average molecular weight is 348 g/mol. The molecule has 1 rings (SSSR count). The van der Waals surface area contributed by atoms with Crippen molar-refractivity contribution in [2.45, 2.75) is 78.6 Å². The van der Waals surface area contributed by atoms with Gasteiger partial charge < -0.3 is 9.47 Å². The summed E-state index contributed by atoms with van der Waals surface area (Å²) < 4.78 is 10.6. The van der Waals surface area contributed by atoms with Gasteiger partial charge in [0.15, 0.2) is 11.5 Å². The summed E-state index contributed by atoms with van der Waals surface area (Å²) in [6.07, 6.45) is 8.25. The van der Waals surface area contributed by atoms with E-state index in [1.807, 2.05) is 6.92 Å². The fraction of sp³-hybridized carbons (Fsp3) is 0.619. The maximum atomic E-state index is 12.0. The first-order chi connectivity index (χ1) is 12.0. The third kappa shape index (κ3) is 9.90. The van der Waals surface area contributed by atoms with Crippen LogP contribution in [0.25, 0.3) is 0 Å². The van der Waals surface area contributed by atoms with Crippen molar-refractivity contribution in [1.82, 2.24) is 0 Å². The standard InChI is InChI=1S/C21H32O4/c1-4-12-20(22)24-18-14-10-11-15-19(18)25-21(23)16-9-7-5-6-8-13-17(2)3/h10-11,14-15,17H,4-9,12-13,16H2,1-3H3. The highest BCUT2D eigenvalue weighted by molar-refractivity contribution is 5.76. The van der Waals surface area contributed by atoms with E-state index < -0.39 is 0 Å². The van der Waals surface area contributed by atoms with E-state index in [2.05, 4.69) is 13.8 Å². The third-order valence-corrected chi connectivity index (χ3v) is 3.91. The van der Waals surface area contributed by atoms with E-state index >= 15 is 0 Å². The van der Waals surface area contributed by atoms with E-state index in [-0.39, 0.29) is 11.9 Å². The molecule has 0 unspecified atom stereocenters. The summed E-state index contributed by atoms with van der Waals surface area (Å²) in [5.74, 6) is 0.798.